The Balaban J connectivity index is 1.35. The highest BCUT2D eigenvalue weighted by Gasteiger charge is 2.57. The molecule has 3 heterocycles. The summed E-state index contributed by atoms with van der Waals surface area (Å²) < 4.78 is 13.5. The lowest BCUT2D eigenvalue weighted by Crippen LogP contribution is -2.61. The second kappa shape index (κ2) is 7.73. The van der Waals surface area contributed by atoms with Crippen LogP contribution >= 0.6 is 11.6 Å². The number of aryl methyl sites for hydroxylation is 1. The minimum Gasteiger partial charge on any atom is -0.337 e. The highest BCUT2D eigenvalue weighted by atomic mass is 35.5. The van der Waals surface area contributed by atoms with Crippen molar-refractivity contribution in [3.8, 4) is 0 Å². The Hall–Kier alpha value is -2.77. The molecule has 2 aromatic carbocycles. The molecule has 31 heavy (non-hydrogen) atoms. The van der Waals surface area contributed by atoms with E-state index in [-0.39, 0.29) is 22.3 Å². The van der Waals surface area contributed by atoms with Gasteiger partial charge in [-0.05, 0) is 30.7 Å². The fourth-order valence-electron chi connectivity index (χ4n) is 4.89. The predicted octanol–water partition coefficient (Wildman–Crippen LogP) is 3.65. The molecule has 2 fully saturated rings. The van der Waals surface area contributed by atoms with E-state index in [1.807, 2.05) is 17.9 Å². The second-order valence-electron chi connectivity index (χ2n) is 8.64. The van der Waals surface area contributed by atoms with Gasteiger partial charge in [-0.15, -0.1) is 0 Å². The van der Waals surface area contributed by atoms with Gasteiger partial charge in [-0.3, -0.25) is 14.8 Å². The molecule has 1 aromatic heterocycles. The standard InChI is InChI=1S/C23H23ClFN5O/c1-15-26-21(28-27-15)18-11-29(10-16-5-3-2-4-6-16)12-23(18)13-30(14-23)22(31)17-7-8-20(25)19(24)9-17/h2-9,18H,10-14H2,1H3,(H,26,27,28). The maximum absolute atomic E-state index is 13.5. The number of aromatic amines is 1. The van der Waals surface area contributed by atoms with E-state index in [4.69, 9.17) is 11.6 Å². The number of likely N-dealkylation sites (tertiary alicyclic amines) is 2. The molecule has 2 saturated heterocycles. The maximum atomic E-state index is 13.5. The number of rotatable bonds is 4. The van der Waals surface area contributed by atoms with Gasteiger partial charge in [0.15, 0.2) is 5.82 Å². The topological polar surface area (TPSA) is 65.1 Å². The largest absolute Gasteiger partial charge is 0.337 e. The number of halogens is 2. The lowest BCUT2D eigenvalue weighted by Gasteiger charge is -2.50. The summed E-state index contributed by atoms with van der Waals surface area (Å²) in [5, 5.41) is 7.36. The highest BCUT2D eigenvalue weighted by Crippen LogP contribution is 2.49. The highest BCUT2D eigenvalue weighted by molar-refractivity contribution is 6.31. The third-order valence-electron chi connectivity index (χ3n) is 6.36. The van der Waals surface area contributed by atoms with Gasteiger partial charge < -0.3 is 4.90 Å². The third-order valence-corrected chi connectivity index (χ3v) is 6.65. The van der Waals surface area contributed by atoms with Gasteiger partial charge in [-0.2, -0.15) is 5.10 Å². The van der Waals surface area contributed by atoms with Crippen molar-refractivity contribution in [2.75, 3.05) is 26.2 Å². The average molecular weight is 440 g/mol. The van der Waals surface area contributed by atoms with E-state index in [1.54, 1.807) is 0 Å². The van der Waals surface area contributed by atoms with Gasteiger partial charge in [0.2, 0.25) is 0 Å². The zero-order chi connectivity index (χ0) is 21.6. The maximum Gasteiger partial charge on any atom is 0.253 e. The van der Waals surface area contributed by atoms with Crippen LogP contribution in [-0.2, 0) is 6.54 Å². The van der Waals surface area contributed by atoms with Crippen molar-refractivity contribution < 1.29 is 9.18 Å². The molecule has 1 N–H and O–H groups in total. The Labute approximate surface area is 185 Å². The number of hydrogen-bond acceptors (Lipinski definition) is 4. The molecule has 1 amide bonds. The normalized spacial score (nSPS) is 20.2. The number of benzene rings is 2. The fourth-order valence-corrected chi connectivity index (χ4v) is 5.08. The predicted molar refractivity (Wildman–Crippen MR) is 115 cm³/mol. The molecule has 0 bridgehead atoms. The summed E-state index contributed by atoms with van der Waals surface area (Å²) in [6, 6.07) is 14.5. The van der Waals surface area contributed by atoms with Crippen molar-refractivity contribution >= 4 is 17.5 Å². The van der Waals surface area contributed by atoms with Crippen molar-refractivity contribution in [3.05, 3.63) is 82.1 Å². The number of nitrogens with zero attached hydrogens (tertiary/aromatic N) is 4. The molecule has 0 aliphatic carbocycles. The Kier molecular flexibility index (Phi) is 5.02. The molecule has 2 aliphatic rings. The van der Waals surface area contributed by atoms with Gasteiger partial charge in [0.05, 0.1) is 5.02 Å². The number of hydrogen-bond donors (Lipinski definition) is 1. The Bertz CT molecular complexity index is 1110. The van der Waals surface area contributed by atoms with Crippen molar-refractivity contribution in [1.29, 1.82) is 0 Å². The first-order valence-corrected chi connectivity index (χ1v) is 10.7. The van der Waals surface area contributed by atoms with Crippen LogP contribution in [-0.4, -0.2) is 57.1 Å². The number of nitrogens with one attached hydrogen (secondary N) is 1. The van der Waals surface area contributed by atoms with E-state index in [2.05, 4.69) is 44.3 Å². The molecular formula is C23H23ClFN5O. The first-order chi connectivity index (χ1) is 14.9. The molecule has 1 unspecified atom stereocenters. The Morgan fingerprint density at radius 2 is 2.00 bits per heavy atom. The first-order valence-electron chi connectivity index (χ1n) is 10.3. The summed E-state index contributed by atoms with van der Waals surface area (Å²) in [7, 11) is 0. The van der Waals surface area contributed by atoms with E-state index in [0.29, 0.717) is 18.7 Å². The van der Waals surface area contributed by atoms with Crippen LogP contribution in [0.15, 0.2) is 48.5 Å². The molecule has 5 rings (SSSR count). The van der Waals surface area contributed by atoms with Gasteiger partial charge in [0, 0.05) is 49.6 Å². The van der Waals surface area contributed by atoms with Crippen molar-refractivity contribution in [1.82, 2.24) is 25.0 Å². The smallest absolute Gasteiger partial charge is 0.253 e. The van der Waals surface area contributed by atoms with Gasteiger partial charge in [0.25, 0.3) is 5.91 Å². The molecule has 6 nitrogen and oxygen atoms in total. The zero-order valence-electron chi connectivity index (χ0n) is 17.2. The molecule has 1 atom stereocenters. The molecule has 8 heteroatoms. The summed E-state index contributed by atoms with van der Waals surface area (Å²) in [6.45, 7) is 5.69. The summed E-state index contributed by atoms with van der Waals surface area (Å²) in [6.07, 6.45) is 0. The van der Waals surface area contributed by atoms with Crippen LogP contribution in [0.2, 0.25) is 5.02 Å². The van der Waals surface area contributed by atoms with E-state index >= 15 is 0 Å². The van der Waals surface area contributed by atoms with Gasteiger partial charge in [-0.1, -0.05) is 41.9 Å². The third kappa shape index (κ3) is 3.72. The van der Waals surface area contributed by atoms with Crippen molar-refractivity contribution in [3.63, 3.8) is 0 Å². The minimum absolute atomic E-state index is 0.0370. The molecule has 0 saturated carbocycles. The van der Waals surface area contributed by atoms with Gasteiger partial charge >= 0.3 is 0 Å². The first kappa shape index (κ1) is 20.2. The van der Waals surface area contributed by atoms with Crippen LogP contribution in [0.4, 0.5) is 4.39 Å². The molecule has 0 radical (unpaired) electrons. The zero-order valence-corrected chi connectivity index (χ0v) is 17.9. The molecule has 1 spiro atoms. The van der Waals surface area contributed by atoms with Crippen molar-refractivity contribution in [2.24, 2.45) is 5.41 Å². The Morgan fingerprint density at radius 1 is 1.23 bits per heavy atom. The van der Waals surface area contributed by atoms with Crippen LogP contribution in [0.3, 0.4) is 0 Å². The average Bonchev–Trinajstić information content (AvgIpc) is 3.33. The van der Waals surface area contributed by atoms with Crippen LogP contribution < -0.4 is 0 Å². The molecule has 2 aliphatic heterocycles. The number of amides is 1. The van der Waals surface area contributed by atoms with Crippen LogP contribution in [0.25, 0.3) is 0 Å². The van der Waals surface area contributed by atoms with E-state index < -0.39 is 5.82 Å². The number of aromatic nitrogens is 3. The number of carbonyl (C=O) groups is 1. The lowest BCUT2D eigenvalue weighted by molar-refractivity contribution is 0.00180. The molecule has 160 valence electrons. The minimum atomic E-state index is -0.523. The lowest BCUT2D eigenvalue weighted by atomic mass is 9.71. The number of H-pyrrole nitrogens is 1. The second-order valence-corrected chi connectivity index (χ2v) is 9.05. The summed E-state index contributed by atoms with van der Waals surface area (Å²) in [5.41, 5.74) is 1.58. The quantitative estimate of drug-likeness (QED) is 0.674. The number of carbonyl (C=O) groups excluding carboxylic acids is 1. The SMILES string of the molecule is Cc1nc(C2CN(Cc3ccccc3)CC23CN(C(=O)c2ccc(F)c(Cl)c2)C3)n[nH]1. The van der Waals surface area contributed by atoms with Crippen LogP contribution in [0.5, 0.6) is 0 Å². The summed E-state index contributed by atoms with van der Waals surface area (Å²) >= 11 is 5.87. The summed E-state index contributed by atoms with van der Waals surface area (Å²) in [5.74, 6) is 1.09. The van der Waals surface area contributed by atoms with Crippen LogP contribution in [0, 0.1) is 18.2 Å². The van der Waals surface area contributed by atoms with E-state index in [0.717, 1.165) is 31.3 Å². The Morgan fingerprint density at radius 3 is 2.68 bits per heavy atom. The monoisotopic (exact) mass is 439 g/mol. The summed E-state index contributed by atoms with van der Waals surface area (Å²) in [4.78, 5) is 21.8. The fraction of sp³-hybridized carbons (Fsp3) is 0.348. The van der Waals surface area contributed by atoms with E-state index in [1.165, 1.54) is 23.8 Å². The van der Waals surface area contributed by atoms with Gasteiger partial charge in [0.1, 0.15) is 11.6 Å². The van der Waals surface area contributed by atoms with Gasteiger partial charge in [-0.25, -0.2) is 9.37 Å². The van der Waals surface area contributed by atoms with Crippen LogP contribution in [0.1, 0.15) is 33.5 Å². The van der Waals surface area contributed by atoms with E-state index in [9.17, 15) is 9.18 Å². The van der Waals surface area contributed by atoms with Crippen molar-refractivity contribution in [2.45, 2.75) is 19.4 Å². The molecular weight excluding hydrogens is 417 g/mol. The molecule has 3 aromatic rings.